The Morgan fingerprint density at radius 1 is 0.317 bits per heavy atom. The zero-order chi connectivity index (χ0) is 43.8. The first-order chi connectivity index (χ1) is 29.4. The third kappa shape index (κ3) is 47.5. The second-order valence-corrected chi connectivity index (χ2v) is 19.0. The summed E-state index contributed by atoms with van der Waals surface area (Å²) in [7, 11) is 0. The van der Waals surface area contributed by atoms with Gasteiger partial charge in [-0.1, -0.05) is 265 Å². The average molecular weight is 849 g/mol. The van der Waals surface area contributed by atoms with Crippen LogP contribution in [0.25, 0.3) is 0 Å². The minimum atomic E-state index is -0.761. The van der Waals surface area contributed by atoms with Crippen LogP contribution in [0.5, 0.6) is 0 Å². The molecule has 0 radical (unpaired) electrons. The largest absolute Gasteiger partial charge is 0.462 e. The van der Waals surface area contributed by atoms with Gasteiger partial charge in [0.2, 0.25) is 0 Å². The molecule has 0 spiro atoms. The summed E-state index contributed by atoms with van der Waals surface area (Å²) in [6.07, 6.45) is 50.8. The lowest BCUT2D eigenvalue weighted by Gasteiger charge is -2.18. The van der Waals surface area contributed by atoms with E-state index < -0.39 is 6.10 Å². The molecular weight excluding hydrogens is 745 g/mol. The fraction of sp³-hybridized carbons (Fsp3) is 0.944. The lowest BCUT2D eigenvalue weighted by Crippen LogP contribution is -2.30. The van der Waals surface area contributed by atoms with Gasteiger partial charge < -0.3 is 14.2 Å². The van der Waals surface area contributed by atoms with Crippen molar-refractivity contribution in [3.8, 4) is 0 Å². The van der Waals surface area contributed by atoms with Crippen LogP contribution in [0.1, 0.15) is 304 Å². The molecule has 6 nitrogen and oxygen atoms in total. The molecule has 0 saturated carbocycles. The maximum atomic E-state index is 12.8. The molecule has 60 heavy (non-hydrogen) atoms. The fourth-order valence-corrected chi connectivity index (χ4v) is 8.22. The first-order valence-electron chi connectivity index (χ1n) is 26.9. The van der Waals surface area contributed by atoms with E-state index in [4.69, 9.17) is 14.2 Å². The molecule has 0 aromatic heterocycles. The van der Waals surface area contributed by atoms with Crippen LogP contribution >= 0.6 is 0 Å². The van der Waals surface area contributed by atoms with Crippen molar-refractivity contribution >= 4 is 17.9 Å². The molecule has 0 aliphatic rings. The van der Waals surface area contributed by atoms with E-state index in [1.54, 1.807) is 0 Å². The molecule has 0 aliphatic heterocycles. The van der Waals surface area contributed by atoms with Crippen LogP contribution in [0.4, 0.5) is 0 Å². The van der Waals surface area contributed by atoms with Crippen molar-refractivity contribution in [3.63, 3.8) is 0 Å². The van der Waals surface area contributed by atoms with E-state index in [0.29, 0.717) is 19.3 Å². The Hall–Kier alpha value is -1.59. The summed E-state index contributed by atoms with van der Waals surface area (Å²) in [5, 5.41) is 0. The number of carbonyl (C=O) groups excluding carboxylic acids is 3. The highest BCUT2D eigenvalue weighted by molar-refractivity contribution is 5.71. The van der Waals surface area contributed by atoms with Crippen LogP contribution in [0.3, 0.4) is 0 Å². The Morgan fingerprint density at radius 2 is 0.550 bits per heavy atom. The summed E-state index contributed by atoms with van der Waals surface area (Å²) in [5.74, 6) is -0.0230. The van der Waals surface area contributed by atoms with Gasteiger partial charge in [-0.25, -0.2) is 0 Å². The maximum Gasteiger partial charge on any atom is 0.306 e. The van der Waals surface area contributed by atoms with E-state index in [1.807, 2.05) is 0 Å². The number of hydrogen-bond acceptors (Lipinski definition) is 6. The topological polar surface area (TPSA) is 78.9 Å². The van der Waals surface area contributed by atoms with Crippen LogP contribution in [0.15, 0.2) is 0 Å². The molecule has 0 rings (SSSR count). The molecule has 0 aromatic carbocycles. The summed E-state index contributed by atoms with van der Waals surface area (Å²) in [6.45, 7) is 9.03. The first-order valence-corrected chi connectivity index (χ1v) is 26.9. The van der Waals surface area contributed by atoms with Gasteiger partial charge in [-0.15, -0.1) is 0 Å². The monoisotopic (exact) mass is 849 g/mol. The highest BCUT2D eigenvalue weighted by atomic mass is 16.6. The molecule has 0 unspecified atom stereocenters. The van der Waals surface area contributed by atoms with Gasteiger partial charge in [0.25, 0.3) is 0 Å². The molecule has 356 valence electrons. The number of hydrogen-bond donors (Lipinski definition) is 0. The number of carbonyl (C=O) groups is 3. The standard InChI is InChI=1S/C54H104O6/c1-5-7-9-11-13-15-17-19-20-21-23-24-29-33-37-41-45-52(55)58-48-51(60-54(57)47-43-39-35-31-25-22-18-16-14-12-10-8-6-2)49-59-53(56)46-42-38-34-30-27-26-28-32-36-40-44-50(3)4/h50-51H,5-49H2,1-4H3/t51-/m0/s1. The van der Waals surface area contributed by atoms with Crippen LogP contribution in [-0.2, 0) is 28.6 Å². The van der Waals surface area contributed by atoms with E-state index in [1.165, 1.54) is 199 Å². The van der Waals surface area contributed by atoms with Gasteiger partial charge >= 0.3 is 17.9 Å². The van der Waals surface area contributed by atoms with Crippen LogP contribution in [-0.4, -0.2) is 37.2 Å². The smallest absolute Gasteiger partial charge is 0.306 e. The zero-order valence-corrected chi connectivity index (χ0v) is 40.9. The summed E-state index contributed by atoms with van der Waals surface area (Å²) in [4.78, 5) is 38.0. The molecule has 0 fully saturated rings. The average Bonchev–Trinajstić information content (AvgIpc) is 3.23. The van der Waals surface area contributed by atoms with Crippen LogP contribution < -0.4 is 0 Å². The summed E-state index contributed by atoms with van der Waals surface area (Å²) in [5.41, 5.74) is 0. The molecule has 0 aromatic rings. The molecule has 0 aliphatic carbocycles. The SMILES string of the molecule is CCCCCCCCCCCCCCCCCCC(=O)OC[C@@H](COC(=O)CCCCCCCCCCCCC(C)C)OC(=O)CCCCCCCCCCCCCCC. The zero-order valence-electron chi connectivity index (χ0n) is 40.9. The molecule has 0 amide bonds. The maximum absolute atomic E-state index is 12.8. The van der Waals surface area contributed by atoms with Gasteiger partial charge in [-0.2, -0.15) is 0 Å². The fourth-order valence-electron chi connectivity index (χ4n) is 8.22. The summed E-state index contributed by atoms with van der Waals surface area (Å²) < 4.78 is 16.8. The molecule has 0 bridgehead atoms. The van der Waals surface area contributed by atoms with Gasteiger partial charge in [0.1, 0.15) is 13.2 Å². The van der Waals surface area contributed by atoms with Gasteiger partial charge in [-0.3, -0.25) is 14.4 Å². The Morgan fingerprint density at radius 3 is 0.817 bits per heavy atom. The van der Waals surface area contributed by atoms with Crippen molar-refractivity contribution in [2.45, 2.75) is 310 Å². The van der Waals surface area contributed by atoms with Crippen molar-refractivity contribution in [1.29, 1.82) is 0 Å². The van der Waals surface area contributed by atoms with Crippen molar-refractivity contribution < 1.29 is 28.6 Å². The molecule has 6 heteroatoms. The summed E-state index contributed by atoms with van der Waals surface area (Å²) in [6, 6.07) is 0. The van der Waals surface area contributed by atoms with E-state index in [2.05, 4.69) is 27.7 Å². The van der Waals surface area contributed by atoms with Crippen LogP contribution in [0, 0.1) is 5.92 Å². The Balaban J connectivity index is 4.30. The third-order valence-corrected chi connectivity index (χ3v) is 12.3. The van der Waals surface area contributed by atoms with Gasteiger partial charge in [-0.05, 0) is 25.2 Å². The molecule has 1 atom stereocenters. The van der Waals surface area contributed by atoms with E-state index in [0.717, 1.165) is 63.7 Å². The molecular formula is C54H104O6. The Kier molecular flexibility index (Phi) is 47.2. The highest BCUT2D eigenvalue weighted by Crippen LogP contribution is 2.17. The van der Waals surface area contributed by atoms with E-state index in [9.17, 15) is 14.4 Å². The highest BCUT2D eigenvalue weighted by Gasteiger charge is 2.19. The van der Waals surface area contributed by atoms with E-state index in [-0.39, 0.29) is 31.1 Å². The lowest BCUT2D eigenvalue weighted by atomic mass is 10.0. The Labute approximate surface area is 374 Å². The predicted molar refractivity (Wildman–Crippen MR) is 257 cm³/mol. The number of esters is 3. The van der Waals surface area contributed by atoms with Crippen molar-refractivity contribution in [3.05, 3.63) is 0 Å². The number of unbranched alkanes of at least 4 members (excludes halogenated alkanes) is 36. The first kappa shape index (κ1) is 58.4. The van der Waals surface area contributed by atoms with Gasteiger partial charge in [0.15, 0.2) is 6.10 Å². The predicted octanol–water partition coefficient (Wildman–Crippen LogP) is 17.5. The number of rotatable bonds is 49. The minimum Gasteiger partial charge on any atom is -0.462 e. The van der Waals surface area contributed by atoms with Crippen molar-refractivity contribution in [2.75, 3.05) is 13.2 Å². The van der Waals surface area contributed by atoms with Gasteiger partial charge in [0.05, 0.1) is 0 Å². The van der Waals surface area contributed by atoms with Gasteiger partial charge in [0, 0.05) is 19.3 Å². The Bertz CT molecular complexity index is 903. The van der Waals surface area contributed by atoms with E-state index >= 15 is 0 Å². The second-order valence-electron chi connectivity index (χ2n) is 19.0. The number of ether oxygens (including phenoxy) is 3. The molecule has 0 saturated heterocycles. The second kappa shape index (κ2) is 48.4. The third-order valence-electron chi connectivity index (χ3n) is 12.3. The van der Waals surface area contributed by atoms with Crippen molar-refractivity contribution in [2.24, 2.45) is 5.92 Å². The quantitative estimate of drug-likeness (QED) is 0.0345. The van der Waals surface area contributed by atoms with Crippen LogP contribution in [0.2, 0.25) is 0 Å². The minimum absolute atomic E-state index is 0.0625. The molecule has 0 N–H and O–H groups in total. The summed E-state index contributed by atoms with van der Waals surface area (Å²) >= 11 is 0. The molecule has 0 heterocycles. The lowest BCUT2D eigenvalue weighted by molar-refractivity contribution is -0.167. The van der Waals surface area contributed by atoms with Crippen molar-refractivity contribution in [1.82, 2.24) is 0 Å². The normalized spacial score (nSPS) is 11.9.